The van der Waals surface area contributed by atoms with Crippen molar-refractivity contribution in [1.82, 2.24) is 4.57 Å². The van der Waals surface area contributed by atoms with Gasteiger partial charge in [0.1, 0.15) is 6.61 Å². The van der Waals surface area contributed by atoms with Crippen LogP contribution in [-0.4, -0.2) is 29.0 Å². The molecule has 0 unspecified atom stereocenters. The van der Waals surface area contributed by atoms with Crippen LogP contribution in [0.15, 0.2) is 59.5 Å². The Labute approximate surface area is 178 Å². The average molecular weight is 425 g/mol. The van der Waals surface area contributed by atoms with Crippen LogP contribution in [0, 0.1) is 23.5 Å². The fourth-order valence-corrected chi connectivity index (χ4v) is 2.67. The molecule has 5 nitrogen and oxygen atoms in total. The quantitative estimate of drug-likeness (QED) is 0.634. The Morgan fingerprint density at radius 3 is 2.29 bits per heavy atom. The lowest BCUT2D eigenvalue weighted by atomic mass is 10.1. The van der Waals surface area contributed by atoms with E-state index < -0.39 is 17.2 Å². The summed E-state index contributed by atoms with van der Waals surface area (Å²) in [5, 5.41) is 9.82. The predicted octanol–water partition coefficient (Wildman–Crippen LogP) is 3.67. The van der Waals surface area contributed by atoms with Gasteiger partial charge in [0.2, 0.25) is 0 Å². The molecule has 0 bridgehead atoms. The first kappa shape index (κ1) is 22.1. The van der Waals surface area contributed by atoms with Gasteiger partial charge in [0.05, 0.1) is 18.4 Å². The number of hydrogen-bond acceptors (Lipinski definition) is 4. The Morgan fingerprint density at radius 2 is 1.68 bits per heavy atom. The molecule has 0 aliphatic heterocycles. The highest BCUT2D eigenvalue weighted by atomic mass is 19.2. The number of aliphatic hydroxyl groups is 1. The van der Waals surface area contributed by atoms with Gasteiger partial charge >= 0.3 is 0 Å². The van der Waals surface area contributed by atoms with Crippen molar-refractivity contribution in [3.63, 3.8) is 0 Å². The molecular weight excluding hydrogens is 404 g/mol. The highest BCUT2D eigenvalue weighted by Gasteiger charge is 2.16. The number of benzene rings is 2. The van der Waals surface area contributed by atoms with Crippen molar-refractivity contribution in [3.8, 4) is 29.0 Å². The number of rotatable bonds is 5. The minimum absolute atomic E-state index is 0.0774. The SMILES string of the molecule is COc1cc(-n2ccc(C#Cc3ccc(F)c(F)c3)cc2=O)ccc1OCC(C)(C)O. The summed E-state index contributed by atoms with van der Waals surface area (Å²) < 4.78 is 38.6. The second-order valence-corrected chi connectivity index (χ2v) is 7.44. The van der Waals surface area contributed by atoms with E-state index in [1.54, 1.807) is 44.3 Å². The second kappa shape index (κ2) is 9.02. The van der Waals surface area contributed by atoms with Crippen LogP contribution >= 0.6 is 0 Å². The molecule has 0 amide bonds. The van der Waals surface area contributed by atoms with Gasteiger partial charge in [0.25, 0.3) is 5.56 Å². The first-order valence-corrected chi connectivity index (χ1v) is 9.40. The molecule has 0 radical (unpaired) electrons. The third-order valence-corrected chi connectivity index (χ3v) is 4.20. The van der Waals surface area contributed by atoms with E-state index in [1.807, 2.05) is 0 Å². The maximum Gasteiger partial charge on any atom is 0.256 e. The van der Waals surface area contributed by atoms with Gasteiger partial charge in [0.15, 0.2) is 23.1 Å². The van der Waals surface area contributed by atoms with Crippen molar-refractivity contribution in [3.05, 3.63) is 87.8 Å². The highest BCUT2D eigenvalue weighted by molar-refractivity contribution is 5.50. The summed E-state index contributed by atoms with van der Waals surface area (Å²) >= 11 is 0. The Balaban J connectivity index is 1.85. The summed E-state index contributed by atoms with van der Waals surface area (Å²) in [5.41, 5.74) is -0.0450. The van der Waals surface area contributed by atoms with Crippen LogP contribution in [-0.2, 0) is 0 Å². The zero-order valence-electron chi connectivity index (χ0n) is 17.3. The summed E-state index contributed by atoms with van der Waals surface area (Å²) in [4.78, 5) is 12.6. The number of aromatic nitrogens is 1. The molecule has 0 atom stereocenters. The molecule has 3 aromatic rings. The predicted molar refractivity (Wildman–Crippen MR) is 113 cm³/mol. The number of hydrogen-bond donors (Lipinski definition) is 1. The molecule has 0 saturated heterocycles. The van der Waals surface area contributed by atoms with Gasteiger partial charge in [-0.25, -0.2) is 8.78 Å². The summed E-state index contributed by atoms with van der Waals surface area (Å²) in [5.74, 6) is 4.40. The first-order valence-electron chi connectivity index (χ1n) is 9.40. The van der Waals surface area contributed by atoms with Crippen LogP contribution in [0.3, 0.4) is 0 Å². The van der Waals surface area contributed by atoms with Gasteiger partial charge in [-0.2, -0.15) is 0 Å². The number of methoxy groups -OCH3 is 1. The van der Waals surface area contributed by atoms with E-state index in [1.165, 1.54) is 23.8 Å². The molecule has 0 saturated carbocycles. The van der Waals surface area contributed by atoms with Gasteiger partial charge in [-0.3, -0.25) is 9.36 Å². The van der Waals surface area contributed by atoms with Crippen molar-refractivity contribution < 1.29 is 23.4 Å². The largest absolute Gasteiger partial charge is 0.493 e. The van der Waals surface area contributed by atoms with Crippen molar-refractivity contribution in [2.24, 2.45) is 0 Å². The Hall–Kier alpha value is -3.63. The summed E-state index contributed by atoms with van der Waals surface area (Å²) in [6.07, 6.45) is 1.56. The molecule has 1 aromatic heterocycles. The minimum Gasteiger partial charge on any atom is -0.493 e. The van der Waals surface area contributed by atoms with Crippen LogP contribution in [0.1, 0.15) is 25.0 Å². The third kappa shape index (κ3) is 5.71. The van der Waals surface area contributed by atoms with Crippen molar-refractivity contribution in [2.45, 2.75) is 19.4 Å². The lowest BCUT2D eigenvalue weighted by Gasteiger charge is -2.19. The average Bonchev–Trinajstić information content (AvgIpc) is 2.72. The molecular formula is C24H21F2NO4. The summed E-state index contributed by atoms with van der Waals surface area (Å²) in [7, 11) is 1.48. The van der Waals surface area contributed by atoms with E-state index in [0.717, 1.165) is 12.1 Å². The molecule has 160 valence electrons. The van der Waals surface area contributed by atoms with Gasteiger partial charge in [-0.1, -0.05) is 11.8 Å². The standard InChI is InChI=1S/C24H21F2NO4/c1-24(2,29)15-31-21-9-7-18(14-22(21)30-3)27-11-10-17(13-23(27)28)5-4-16-6-8-19(25)20(26)12-16/h6-14,29H,15H2,1-3H3. The maximum absolute atomic E-state index is 13.3. The van der Waals surface area contributed by atoms with E-state index in [0.29, 0.717) is 28.3 Å². The monoisotopic (exact) mass is 425 g/mol. The van der Waals surface area contributed by atoms with Gasteiger partial charge in [0, 0.05) is 29.5 Å². The first-order chi connectivity index (χ1) is 14.7. The molecule has 1 N–H and O–H groups in total. The van der Waals surface area contributed by atoms with Crippen LogP contribution in [0.25, 0.3) is 5.69 Å². The molecule has 3 rings (SSSR count). The molecule has 31 heavy (non-hydrogen) atoms. The van der Waals surface area contributed by atoms with E-state index in [9.17, 15) is 18.7 Å². The Morgan fingerprint density at radius 1 is 0.968 bits per heavy atom. The van der Waals surface area contributed by atoms with E-state index in [-0.39, 0.29) is 12.2 Å². The molecule has 0 fully saturated rings. The molecule has 0 aliphatic rings. The fourth-order valence-electron chi connectivity index (χ4n) is 2.67. The molecule has 2 aromatic carbocycles. The zero-order valence-corrected chi connectivity index (χ0v) is 17.3. The second-order valence-electron chi connectivity index (χ2n) is 7.44. The normalized spacial score (nSPS) is 10.9. The number of pyridine rings is 1. The van der Waals surface area contributed by atoms with E-state index >= 15 is 0 Å². The van der Waals surface area contributed by atoms with Gasteiger partial charge < -0.3 is 14.6 Å². The Kier molecular flexibility index (Phi) is 6.42. The molecule has 0 aliphatic carbocycles. The maximum atomic E-state index is 13.3. The van der Waals surface area contributed by atoms with Gasteiger partial charge in [-0.15, -0.1) is 0 Å². The van der Waals surface area contributed by atoms with Crippen LogP contribution in [0.4, 0.5) is 8.78 Å². The fraction of sp³-hybridized carbons (Fsp3) is 0.208. The highest BCUT2D eigenvalue weighted by Crippen LogP contribution is 2.29. The lowest BCUT2D eigenvalue weighted by molar-refractivity contribution is 0.0276. The summed E-state index contributed by atoms with van der Waals surface area (Å²) in [6, 6.07) is 11.3. The molecule has 0 spiro atoms. The van der Waals surface area contributed by atoms with E-state index in [2.05, 4.69) is 11.8 Å². The van der Waals surface area contributed by atoms with E-state index in [4.69, 9.17) is 9.47 Å². The van der Waals surface area contributed by atoms with Crippen LogP contribution in [0.2, 0.25) is 0 Å². The topological polar surface area (TPSA) is 60.7 Å². The Bertz CT molecular complexity index is 1220. The number of ether oxygens (including phenoxy) is 2. The van der Waals surface area contributed by atoms with Crippen molar-refractivity contribution in [2.75, 3.05) is 13.7 Å². The number of halogens is 2. The van der Waals surface area contributed by atoms with Crippen LogP contribution in [0.5, 0.6) is 11.5 Å². The van der Waals surface area contributed by atoms with Crippen molar-refractivity contribution in [1.29, 1.82) is 0 Å². The zero-order chi connectivity index (χ0) is 22.6. The molecule has 7 heteroatoms. The third-order valence-electron chi connectivity index (χ3n) is 4.20. The van der Waals surface area contributed by atoms with Crippen molar-refractivity contribution >= 4 is 0 Å². The van der Waals surface area contributed by atoms with Gasteiger partial charge in [-0.05, 0) is 50.2 Å². The smallest absolute Gasteiger partial charge is 0.256 e. The molecule has 1 heterocycles. The lowest BCUT2D eigenvalue weighted by Crippen LogP contribution is -2.28. The minimum atomic E-state index is -1.00. The van der Waals surface area contributed by atoms with Crippen LogP contribution < -0.4 is 15.0 Å². The summed E-state index contributed by atoms with van der Waals surface area (Å²) in [6.45, 7) is 3.34. The number of nitrogens with zero attached hydrogens (tertiary/aromatic N) is 1.